The Kier molecular flexibility index (Phi) is 6.18. The summed E-state index contributed by atoms with van der Waals surface area (Å²) in [7, 11) is 1.58. The highest BCUT2D eigenvalue weighted by molar-refractivity contribution is 5.96. The molecule has 4 aromatic rings. The van der Waals surface area contributed by atoms with Gasteiger partial charge in [0.05, 0.1) is 17.7 Å². The molecule has 0 bridgehead atoms. The maximum absolute atomic E-state index is 12.5. The van der Waals surface area contributed by atoms with Gasteiger partial charge >= 0.3 is 0 Å². The van der Waals surface area contributed by atoms with Crippen LogP contribution in [0.1, 0.15) is 16.2 Å². The van der Waals surface area contributed by atoms with Crippen molar-refractivity contribution in [1.82, 2.24) is 25.3 Å². The number of carbonyl (C=O) groups is 1. The first-order valence-electron chi connectivity index (χ1n) is 10.0. The van der Waals surface area contributed by atoms with Crippen LogP contribution < -0.4 is 16.2 Å². The van der Waals surface area contributed by atoms with Crippen LogP contribution in [0.3, 0.4) is 0 Å². The van der Waals surface area contributed by atoms with E-state index in [-0.39, 0.29) is 11.5 Å². The Labute approximate surface area is 183 Å². The molecule has 3 aromatic heterocycles. The highest BCUT2D eigenvalue weighted by Crippen LogP contribution is 2.27. The molecular formula is C23H22N6O3. The summed E-state index contributed by atoms with van der Waals surface area (Å²) in [5.74, 6) is 0.878. The molecule has 3 N–H and O–H groups in total. The van der Waals surface area contributed by atoms with E-state index < -0.39 is 0 Å². The zero-order valence-electron chi connectivity index (χ0n) is 17.7. The van der Waals surface area contributed by atoms with Crippen molar-refractivity contribution in [2.75, 3.05) is 25.6 Å². The van der Waals surface area contributed by atoms with E-state index in [0.717, 1.165) is 10.9 Å². The van der Waals surface area contributed by atoms with Gasteiger partial charge in [-0.3, -0.25) is 9.59 Å². The van der Waals surface area contributed by atoms with E-state index in [1.54, 1.807) is 50.0 Å². The normalized spacial score (nSPS) is 10.8. The summed E-state index contributed by atoms with van der Waals surface area (Å²) >= 11 is 0. The van der Waals surface area contributed by atoms with Gasteiger partial charge in [0.2, 0.25) is 0 Å². The Morgan fingerprint density at radius 2 is 1.88 bits per heavy atom. The van der Waals surface area contributed by atoms with Crippen molar-refractivity contribution in [1.29, 1.82) is 0 Å². The number of nitrogens with zero attached hydrogens (tertiary/aromatic N) is 3. The smallest absolute Gasteiger partial charge is 0.259 e. The third kappa shape index (κ3) is 4.62. The average molecular weight is 430 g/mol. The van der Waals surface area contributed by atoms with Gasteiger partial charge in [0.1, 0.15) is 11.6 Å². The molecule has 4 rings (SSSR count). The number of pyridine rings is 2. The number of ether oxygens (including phenoxy) is 1. The minimum Gasteiger partial charge on any atom is -0.383 e. The van der Waals surface area contributed by atoms with E-state index in [0.29, 0.717) is 47.1 Å². The van der Waals surface area contributed by atoms with Crippen LogP contribution in [0, 0.1) is 6.92 Å². The maximum atomic E-state index is 12.5. The van der Waals surface area contributed by atoms with Crippen molar-refractivity contribution in [3.8, 4) is 11.3 Å². The molecule has 0 aliphatic rings. The molecule has 162 valence electrons. The lowest BCUT2D eigenvalue weighted by atomic mass is 10.1. The SMILES string of the molecule is COCCNC(=O)c1ccc(Nc2nc(-c3cnc(C)nc3)cc3cc[nH]c(=O)c23)cc1. The van der Waals surface area contributed by atoms with Crippen LogP contribution in [0.2, 0.25) is 0 Å². The van der Waals surface area contributed by atoms with E-state index in [4.69, 9.17) is 4.74 Å². The monoisotopic (exact) mass is 430 g/mol. The number of benzene rings is 1. The molecule has 9 heteroatoms. The van der Waals surface area contributed by atoms with Crippen molar-refractivity contribution in [2.45, 2.75) is 6.92 Å². The van der Waals surface area contributed by atoms with E-state index in [1.807, 2.05) is 19.1 Å². The molecule has 32 heavy (non-hydrogen) atoms. The number of carbonyl (C=O) groups excluding carboxylic acids is 1. The number of methoxy groups -OCH3 is 1. The predicted octanol–water partition coefficient (Wildman–Crippen LogP) is 2.81. The number of amides is 1. The first kappa shape index (κ1) is 21.1. The average Bonchev–Trinajstić information content (AvgIpc) is 2.80. The molecule has 0 atom stereocenters. The van der Waals surface area contributed by atoms with Crippen molar-refractivity contribution < 1.29 is 9.53 Å². The largest absolute Gasteiger partial charge is 0.383 e. The quantitative estimate of drug-likeness (QED) is 0.385. The van der Waals surface area contributed by atoms with Gasteiger partial charge in [0.15, 0.2) is 0 Å². The molecule has 0 saturated carbocycles. The van der Waals surface area contributed by atoms with E-state index >= 15 is 0 Å². The minimum absolute atomic E-state index is 0.185. The zero-order valence-corrected chi connectivity index (χ0v) is 17.7. The van der Waals surface area contributed by atoms with Crippen LogP contribution >= 0.6 is 0 Å². The summed E-state index contributed by atoms with van der Waals surface area (Å²) in [6.07, 6.45) is 5.00. The fourth-order valence-electron chi connectivity index (χ4n) is 3.19. The number of H-pyrrole nitrogens is 1. The van der Waals surface area contributed by atoms with Crippen molar-refractivity contribution in [2.24, 2.45) is 0 Å². The number of hydrogen-bond donors (Lipinski definition) is 3. The summed E-state index contributed by atoms with van der Waals surface area (Å²) in [6.45, 7) is 2.69. The highest BCUT2D eigenvalue weighted by Gasteiger charge is 2.12. The third-order valence-corrected chi connectivity index (χ3v) is 4.83. The molecule has 9 nitrogen and oxygen atoms in total. The number of aromatic amines is 1. The first-order chi connectivity index (χ1) is 15.5. The summed E-state index contributed by atoms with van der Waals surface area (Å²) < 4.78 is 4.94. The molecule has 0 spiro atoms. The Bertz CT molecular complexity index is 1300. The van der Waals surface area contributed by atoms with Gasteiger partial charge in [-0.05, 0) is 48.7 Å². The Balaban J connectivity index is 1.67. The third-order valence-electron chi connectivity index (χ3n) is 4.83. The second-order valence-electron chi connectivity index (χ2n) is 7.10. The number of fused-ring (bicyclic) bond motifs is 1. The number of aryl methyl sites for hydroxylation is 1. The fourth-order valence-corrected chi connectivity index (χ4v) is 3.19. The second kappa shape index (κ2) is 9.36. The van der Waals surface area contributed by atoms with Crippen LogP contribution in [0.25, 0.3) is 22.0 Å². The summed E-state index contributed by atoms with van der Waals surface area (Å²) in [6, 6.07) is 10.6. The van der Waals surface area contributed by atoms with Gasteiger partial charge in [0, 0.05) is 49.1 Å². The Morgan fingerprint density at radius 1 is 1.12 bits per heavy atom. The lowest BCUT2D eigenvalue weighted by Gasteiger charge is -2.12. The maximum Gasteiger partial charge on any atom is 0.259 e. The molecule has 0 aliphatic heterocycles. The van der Waals surface area contributed by atoms with Gasteiger partial charge in [-0.25, -0.2) is 15.0 Å². The number of aromatic nitrogens is 4. The number of rotatable bonds is 7. The van der Waals surface area contributed by atoms with Gasteiger partial charge in [-0.2, -0.15) is 0 Å². The van der Waals surface area contributed by atoms with Crippen LogP contribution in [-0.2, 0) is 4.74 Å². The topological polar surface area (TPSA) is 122 Å². The first-order valence-corrected chi connectivity index (χ1v) is 10.0. The molecular weight excluding hydrogens is 408 g/mol. The summed E-state index contributed by atoms with van der Waals surface area (Å²) in [5, 5.41) is 7.15. The van der Waals surface area contributed by atoms with E-state index in [2.05, 4.69) is 30.6 Å². The van der Waals surface area contributed by atoms with E-state index in [9.17, 15) is 9.59 Å². The predicted molar refractivity (Wildman–Crippen MR) is 122 cm³/mol. The van der Waals surface area contributed by atoms with Crippen molar-refractivity contribution in [3.63, 3.8) is 0 Å². The van der Waals surface area contributed by atoms with Gasteiger partial charge < -0.3 is 20.4 Å². The molecule has 0 saturated heterocycles. The second-order valence-corrected chi connectivity index (χ2v) is 7.10. The lowest BCUT2D eigenvalue weighted by Crippen LogP contribution is -2.26. The van der Waals surface area contributed by atoms with Gasteiger partial charge in [0.25, 0.3) is 11.5 Å². The molecule has 1 aromatic carbocycles. The Morgan fingerprint density at radius 3 is 2.59 bits per heavy atom. The number of hydrogen-bond acceptors (Lipinski definition) is 7. The molecule has 1 amide bonds. The van der Waals surface area contributed by atoms with Crippen molar-refractivity contribution in [3.05, 3.63) is 76.7 Å². The number of nitrogens with one attached hydrogen (secondary N) is 3. The molecule has 3 heterocycles. The molecule has 0 unspecified atom stereocenters. The fraction of sp³-hybridized carbons (Fsp3) is 0.174. The molecule has 0 radical (unpaired) electrons. The minimum atomic E-state index is -0.252. The molecule has 0 fully saturated rings. The standard InChI is InChI=1S/C23H22N6O3/c1-14-26-12-17(13-27-14)19-11-16-7-8-24-23(31)20(16)21(29-19)28-18-5-3-15(4-6-18)22(30)25-9-10-32-2/h3-8,11-13H,9-10H2,1-2H3,(H,24,31)(H,25,30)(H,28,29). The highest BCUT2D eigenvalue weighted by atomic mass is 16.5. The van der Waals surface area contributed by atoms with Crippen molar-refractivity contribution >= 4 is 28.2 Å². The van der Waals surface area contributed by atoms with Crippen LogP contribution in [0.15, 0.2) is 59.8 Å². The summed E-state index contributed by atoms with van der Waals surface area (Å²) in [4.78, 5) is 40.5. The lowest BCUT2D eigenvalue weighted by molar-refractivity contribution is 0.0937. The zero-order chi connectivity index (χ0) is 22.5. The van der Waals surface area contributed by atoms with Crippen LogP contribution in [0.4, 0.5) is 11.5 Å². The van der Waals surface area contributed by atoms with Gasteiger partial charge in [-0.15, -0.1) is 0 Å². The molecule has 0 aliphatic carbocycles. The number of anilines is 2. The van der Waals surface area contributed by atoms with Crippen LogP contribution in [-0.4, -0.2) is 46.1 Å². The van der Waals surface area contributed by atoms with E-state index in [1.165, 1.54) is 0 Å². The Hall–Kier alpha value is -4.11. The van der Waals surface area contributed by atoms with Gasteiger partial charge in [-0.1, -0.05) is 0 Å². The van der Waals surface area contributed by atoms with Crippen LogP contribution in [0.5, 0.6) is 0 Å². The summed E-state index contributed by atoms with van der Waals surface area (Å²) in [5.41, 5.74) is 2.34.